The average Bonchev–Trinajstić information content (AvgIpc) is 2.55. The monoisotopic (exact) mass is 370 g/mol. The van der Waals surface area contributed by atoms with Gasteiger partial charge in [-0.05, 0) is 38.5 Å². The van der Waals surface area contributed by atoms with Crippen molar-refractivity contribution in [3.8, 4) is 0 Å². The van der Waals surface area contributed by atoms with Gasteiger partial charge in [0.25, 0.3) is 5.91 Å². The third-order valence-electron chi connectivity index (χ3n) is 3.78. The van der Waals surface area contributed by atoms with Crippen LogP contribution in [0.1, 0.15) is 43.6 Å². The second kappa shape index (κ2) is 8.96. The summed E-state index contributed by atoms with van der Waals surface area (Å²) in [6, 6.07) is 4.33. The summed E-state index contributed by atoms with van der Waals surface area (Å²) in [6.07, 6.45) is -0.963. The van der Waals surface area contributed by atoms with Crippen molar-refractivity contribution in [3.63, 3.8) is 0 Å². The summed E-state index contributed by atoms with van der Waals surface area (Å²) in [6.45, 7) is 9.50. The molecule has 0 radical (unpaired) electrons. The van der Waals surface area contributed by atoms with Crippen LogP contribution in [-0.4, -0.2) is 50.3 Å². The molecule has 7 nitrogen and oxygen atoms in total. The molecule has 8 heteroatoms. The lowest BCUT2D eigenvalue weighted by Gasteiger charge is -2.19. The van der Waals surface area contributed by atoms with Gasteiger partial charge in [-0.1, -0.05) is 19.9 Å². The van der Waals surface area contributed by atoms with Crippen LogP contribution >= 0.6 is 0 Å². The highest BCUT2D eigenvalue weighted by Crippen LogP contribution is 2.20. The minimum atomic E-state index is -3.68. The number of nitrogens with zero attached hydrogens (tertiary/aromatic N) is 1. The summed E-state index contributed by atoms with van der Waals surface area (Å²) in [5.41, 5.74) is 0.705. The van der Waals surface area contributed by atoms with Gasteiger partial charge >= 0.3 is 5.97 Å². The number of carbonyl (C=O) groups excluding carboxylic acids is 2. The Morgan fingerprint density at radius 3 is 2.32 bits per heavy atom. The number of hydrogen-bond donors (Lipinski definition) is 1. The molecule has 0 aliphatic heterocycles. The van der Waals surface area contributed by atoms with Gasteiger partial charge in [0.15, 0.2) is 6.10 Å². The van der Waals surface area contributed by atoms with Gasteiger partial charge in [0.2, 0.25) is 10.0 Å². The lowest BCUT2D eigenvalue weighted by atomic mass is 10.1. The standard InChI is InChI=1S/C17H26N2O5S/c1-6-18-16(20)13(5)24-17(21)15-11-14(10-9-12(15)4)25(22,23)19(7-2)8-3/h9-11,13H,6-8H2,1-5H3,(H,18,20)/t13-/m1/s1. The number of carbonyl (C=O) groups is 2. The zero-order valence-corrected chi connectivity index (χ0v) is 16.1. The molecule has 1 rings (SSSR count). The molecule has 0 saturated carbocycles. The van der Waals surface area contributed by atoms with Crippen LogP contribution in [0.4, 0.5) is 0 Å². The molecule has 0 spiro atoms. The lowest BCUT2D eigenvalue weighted by Crippen LogP contribution is -2.35. The summed E-state index contributed by atoms with van der Waals surface area (Å²) in [7, 11) is -3.68. The van der Waals surface area contributed by atoms with Gasteiger partial charge in [0, 0.05) is 19.6 Å². The Hall–Kier alpha value is -1.93. The fraction of sp³-hybridized carbons (Fsp3) is 0.529. The molecule has 1 aromatic rings. The normalized spacial score (nSPS) is 12.7. The van der Waals surface area contributed by atoms with Gasteiger partial charge in [-0.25, -0.2) is 13.2 Å². The van der Waals surface area contributed by atoms with Crippen molar-refractivity contribution in [1.29, 1.82) is 0 Å². The molecule has 1 aromatic carbocycles. The molecule has 1 N–H and O–H groups in total. The smallest absolute Gasteiger partial charge is 0.339 e. The van der Waals surface area contributed by atoms with Crippen LogP contribution < -0.4 is 5.32 Å². The third kappa shape index (κ3) is 5.02. The maximum atomic E-state index is 12.6. The second-order valence-electron chi connectivity index (χ2n) is 5.51. The number of ether oxygens (including phenoxy) is 1. The largest absolute Gasteiger partial charge is 0.449 e. The van der Waals surface area contributed by atoms with E-state index < -0.39 is 28.0 Å². The molecule has 0 aromatic heterocycles. The Labute approximate surface area is 149 Å². The van der Waals surface area contributed by atoms with Gasteiger partial charge in [0.05, 0.1) is 10.5 Å². The summed E-state index contributed by atoms with van der Waals surface area (Å²) in [5.74, 6) is -1.13. The Morgan fingerprint density at radius 2 is 1.80 bits per heavy atom. The van der Waals surface area contributed by atoms with Crippen LogP contribution in [0.5, 0.6) is 0 Å². The summed E-state index contributed by atoms with van der Waals surface area (Å²) in [5, 5.41) is 2.56. The lowest BCUT2D eigenvalue weighted by molar-refractivity contribution is -0.128. The molecule has 0 fully saturated rings. The number of nitrogens with one attached hydrogen (secondary N) is 1. The van der Waals surface area contributed by atoms with E-state index in [9.17, 15) is 18.0 Å². The van der Waals surface area contributed by atoms with E-state index in [1.54, 1.807) is 33.8 Å². The Morgan fingerprint density at radius 1 is 1.20 bits per heavy atom. The molecule has 0 bridgehead atoms. The first kappa shape index (κ1) is 21.1. The number of esters is 1. The summed E-state index contributed by atoms with van der Waals surface area (Å²) < 4.78 is 31.7. The molecule has 0 aliphatic rings. The van der Waals surface area contributed by atoms with Crippen LogP contribution in [0.15, 0.2) is 23.1 Å². The molecule has 25 heavy (non-hydrogen) atoms. The van der Waals surface area contributed by atoms with Crippen LogP contribution in [0.3, 0.4) is 0 Å². The molecule has 0 heterocycles. The van der Waals surface area contributed by atoms with Crippen molar-refractivity contribution in [3.05, 3.63) is 29.3 Å². The molecule has 0 saturated heterocycles. The number of aryl methyl sites for hydroxylation is 1. The van der Waals surface area contributed by atoms with E-state index >= 15 is 0 Å². The number of hydrogen-bond acceptors (Lipinski definition) is 5. The topological polar surface area (TPSA) is 92.8 Å². The zero-order valence-electron chi connectivity index (χ0n) is 15.3. The number of likely N-dealkylation sites (N-methyl/N-ethyl adjacent to an activating group) is 1. The van der Waals surface area contributed by atoms with Crippen LogP contribution in [-0.2, 0) is 19.6 Å². The Balaban J connectivity index is 3.13. The van der Waals surface area contributed by atoms with Crippen molar-refractivity contribution in [2.45, 2.75) is 45.6 Å². The first-order valence-corrected chi connectivity index (χ1v) is 9.72. The average molecular weight is 370 g/mol. The van der Waals surface area contributed by atoms with Crippen molar-refractivity contribution in [1.82, 2.24) is 9.62 Å². The highest BCUT2D eigenvalue weighted by molar-refractivity contribution is 7.89. The predicted octanol–water partition coefficient (Wildman–Crippen LogP) is 1.71. The highest BCUT2D eigenvalue weighted by Gasteiger charge is 2.25. The van der Waals surface area contributed by atoms with E-state index in [0.29, 0.717) is 25.2 Å². The van der Waals surface area contributed by atoms with Gasteiger partial charge in [-0.15, -0.1) is 0 Å². The van der Waals surface area contributed by atoms with Crippen molar-refractivity contribution in [2.75, 3.05) is 19.6 Å². The van der Waals surface area contributed by atoms with Gasteiger partial charge in [0.1, 0.15) is 0 Å². The van der Waals surface area contributed by atoms with Crippen molar-refractivity contribution < 1.29 is 22.7 Å². The SMILES string of the molecule is CCNC(=O)[C@@H](C)OC(=O)c1cc(S(=O)(=O)N(CC)CC)ccc1C. The molecule has 1 amide bonds. The van der Waals surface area contributed by atoms with Gasteiger partial charge in [-0.3, -0.25) is 4.79 Å². The predicted molar refractivity (Wildman–Crippen MR) is 94.8 cm³/mol. The molecule has 0 aliphatic carbocycles. The van der Waals surface area contributed by atoms with E-state index in [0.717, 1.165) is 0 Å². The van der Waals surface area contributed by atoms with Crippen molar-refractivity contribution in [2.24, 2.45) is 0 Å². The number of rotatable bonds is 8. The summed E-state index contributed by atoms with van der Waals surface area (Å²) >= 11 is 0. The number of sulfonamides is 1. The second-order valence-corrected chi connectivity index (χ2v) is 7.45. The van der Waals surface area contributed by atoms with Crippen LogP contribution in [0.25, 0.3) is 0 Å². The maximum Gasteiger partial charge on any atom is 0.339 e. The fourth-order valence-corrected chi connectivity index (χ4v) is 3.77. The molecule has 140 valence electrons. The maximum absolute atomic E-state index is 12.6. The van der Waals surface area contributed by atoms with Crippen LogP contribution in [0, 0.1) is 6.92 Å². The third-order valence-corrected chi connectivity index (χ3v) is 5.82. The van der Waals surface area contributed by atoms with Crippen LogP contribution in [0.2, 0.25) is 0 Å². The van der Waals surface area contributed by atoms with E-state index in [1.165, 1.54) is 23.4 Å². The molecule has 1 atom stereocenters. The van der Waals surface area contributed by atoms with E-state index in [1.807, 2.05) is 0 Å². The van der Waals surface area contributed by atoms with Gasteiger partial charge < -0.3 is 10.1 Å². The van der Waals surface area contributed by atoms with Crippen molar-refractivity contribution >= 4 is 21.9 Å². The number of amides is 1. The number of benzene rings is 1. The first-order valence-electron chi connectivity index (χ1n) is 8.28. The molecular weight excluding hydrogens is 344 g/mol. The van der Waals surface area contributed by atoms with E-state index in [4.69, 9.17) is 4.74 Å². The molecule has 0 unspecified atom stereocenters. The quantitative estimate of drug-likeness (QED) is 0.703. The highest BCUT2D eigenvalue weighted by atomic mass is 32.2. The van der Waals surface area contributed by atoms with Gasteiger partial charge in [-0.2, -0.15) is 4.31 Å². The Kier molecular flexibility index (Phi) is 7.57. The Bertz CT molecular complexity index is 727. The molecular formula is C17H26N2O5S. The zero-order chi connectivity index (χ0) is 19.2. The minimum absolute atomic E-state index is 0.0272. The fourth-order valence-electron chi connectivity index (χ4n) is 2.29. The summed E-state index contributed by atoms with van der Waals surface area (Å²) in [4.78, 5) is 24.1. The minimum Gasteiger partial charge on any atom is -0.449 e. The van der Waals surface area contributed by atoms with E-state index in [-0.39, 0.29) is 10.5 Å². The van der Waals surface area contributed by atoms with E-state index in [2.05, 4.69) is 5.32 Å². The first-order chi connectivity index (χ1) is 11.7.